The zero-order valence-corrected chi connectivity index (χ0v) is 15.2. The van der Waals surface area contributed by atoms with Crippen LogP contribution in [0, 0.1) is 0 Å². The highest BCUT2D eigenvalue weighted by atomic mass is 32.1. The SMILES string of the molecule is CCOc1nsnc1OCC(O)CNC(C)(C)C.O=P(O)(O)O. The van der Waals surface area contributed by atoms with E-state index in [0.29, 0.717) is 24.9 Å². The molecule has 1 atom stereocenters. The van der Waals surface area contributed by atoms with Crippen LogP contribution in [-0.2, 0) is 4.57 Å². The molecular weight excluding hydrogens is 349 g/mol. The maximum atomic E-state index is 9.76. The number of rotatable bonds is 7. The summed E-state index contributed by atoms with van der Waals surface area (Å²) in [5, 5.41) is 13.0. The minimum absolute atomic E-state index is 0.0281. The van der Waals surface area contributed by atoms with E-state index in [0.717, 1.165) is 11.7 Å². The van der Waals surface area contributed by atoms with E-state index in [1.54, 1.807) is 0 Å². The standard InChI is InChI=1S/C11H21N3O3S.H3O4P/c1-5-16-9-10(14-18-13-9)17-7-8(15)6-12-11(2,3)4;1-5(2,3)4/h8,12,15H,5-7H2,1-4H3;(H3,1,2,3,4). The molecule has 0 bridgehead atoms. The number of ether oxygens (including phenoxy) is 2. The van der Waals surface area contributed by atoms with Crippen molar-refractivity contribution in [1.82, 2.24) is 14.1 Å². The largest absolute Gasteiger partial charge is 0.473 e. The van der Waals surface area contributed by atoms with Gasteiger partial charge in [0.1, 0.15) is 12.7 Å². The topological polar surface area (TPSA) is 154 Å². The van der Waals surface area contributed by atoms with Gasteiger partial charge in [0.25, 0.3) is 11.8 Å². The Morgan fingerprint density at radius 2 is 1.70 bits per heavy atom. The van der Waals surface area contributed by atoms with E-state index in [9.17, 15) is 5.11 Å². The Balaban J connectivity index is 0.000000841. The Labute approximate surface area is 139 Å². The molecular formula is C11H24N3O7PS. The first-order valence-electron chi connectivity index (χ1n) is 6.72. The zero-order valence-electron chi connectivity index (χ0n) is 13.5. The second-order valence-electron chi connectivity index (χ2n) is 5.42. The second kappa shape index (κ2) is 10.1. The molecule has 10 nitrogen and oxygen atoms in total. The van der Waals surface area contributed by atoms with Gasteiger partial charge in [0.05, 0.1) is 18.3 Å². The number of aliphatic hydroxyl groups is 1. The summed E-state index contributed by atoms with van der Waals surface area (Å²) in [5.41, 5.74) is -0.0281. The average Bonchev–Trinajstić information content (AvgIpc) is 2.79. The van der Waals surface area contributed by atoms with Crippen molar-refractivity contribution in [3.8, 4) is 11.8 Å². The summed E-state index contributed by atoms with van der Waals surface area (Å²) < 4.78 is 27.4. The third-order valence-corrected chi connectivity index (χ3v) is 2.49. The number of phosphoric acid groups is 1. The van der Waals surface area contributed by atoms with Gasteiger partial charge in [-0.2, -0.15) is 0 Å². The summed E-state index contributed by atoms with van der Waals surface area (Å²) in [6.45, 7) is 9.12. The number of nitrogens with one attached hydrogen (secondary N) is 1. The molecule has 1 aromatic heterocycles. The van der Waals surface area contributed by atoms with E-state index in [1.165, 1.54) is 0 Å². The Hall–Kier alpha value is -0.810. The Morgan fingerprint density at radius 3 is 2.13 bits per heavy atom. The molecule has 0 aliphatic heterocycles. The first kappa shape index (κ1) is 22.2. The minimum Gasteiger partial charge on any atom is -0.473 e. The van der Waals surface area contributed by atoms with Crippen molar-refractivity contribution < 1.29 is 33.8 Å². The van der Waals surface area contributed by atoms with E-state index in [1.807, 2.05) is 27.7 Å². The molecule has 0 fully saturated rings. The van der Waals surface area contributed by atoms with Crippen molar-refractivity contribution in [2.24, 2.45) is 0 Å². The van der Waals surface area contributed by atoms with E-state index in [2.05, 4.69) is 14.1 Å². The van der Waals surface area contributed by atoms with Crippen molar-refractivity contribution in [2.75, 3.05) is 19.8 Å². The number of hydrogen-bond acceptors (Lipinski definition) is 8. The van der Waals surface area contributed by atoms with Crippen LogP contribution in [-0.4, -0.2) is 59.9 Å². The first-order valence-corrected chi connectivity index (χ1v) is 9.01. The molecule has 0 radical (unpaired) electrons. The number of aromatic nitrogens is 2. The van der Waals surface area contributed by atoms with Crippen LogP contribution in [0.25, 0.3) is 0 Å². The van der Waals surface area contributed by atoms with Crippen molar-refractivity contribution in [3.05, 3.63) is 0 Å². The lowest BCUT2D eigenvalue weighted by Gasteiger charge is -2.22. The molecule has 1 unspecified atom stereocenters. The molecule has 12 heteroatoms. The molecule has 0 spiro atoms. The van der Waals surface area contributed by atoms with E-state index in [4.69, 9.17) is 28.7 Å². The molecule has 0 amide bonds. The minimum atomic E-state index is -4.64. The molecule has 0 saturated carbocycles. The van der Waals surface area contributed by atoms with Gasteiger partial charge in [-0.15, -0.1) is 8.75 Å². The molecule has 0 aliphatic carbocycles. The smallest absolute Gasteiger partial charge is 0.466 e. The molecule has 1 aromatic rings. The molecule has 0 saturated heterocycles. The fourth-order valence-electron chi connectivity index (χ4n) is 1.14. The van der Waals surface area contributed by atoms with Crippen LogP contribution in [0.15, 0.2) is 0 Å². The Kier molecular flexibility index (Phi) is 9.78. The highest BCUT2D eigenvalue weighted by Crippen LogP contribution is 2.26. The van der Waals surface area contributed by atoms with Crippen LogP contribution in [0.5, 0.6) is 11.8 Å². The van der Waals surface area contributed by atoms with Crippen molar-refractivity contribution in [1.29, 1.82) is 0 Å². The Bertz CT molecular complexity index is 480. The fraction of sp³-hybridized carbons (Fsp3) is 0.818. The van der Waals surface area contributed by atoms with E-state index in [-0.39, 0.29) is 12.1 Å². The van der Waals surface area contributed by atoms with Gasteiger partial charge in [0.15, 0.2) is 0 Å². The van der Waals surface area contributed by atoms with E-state index >= 15 is 0 Å². The molecule has 5 N–H and O–H groups in total. The van der Waals surface area contributed by atoms with Gasteiger partial charge >= 0.3 is 7.82 Å². The van der Waals surface area contributed by atoms with Crippen molar-refractivity contribution >= 4 is 19.6 Å². The molecule has 1 rings (SSSR count). The molecule has 23 heavy (non-hydrogen) atoms. The monoisotopic (exact) mass is 373 g/mol. The predicted octanol–water partition coefficient (Wildman–Crippen LogP) is 0.136. The van der Waals surface area contributed by atoms with Gasteiger partial charge in [-0.05, 0) is 27.7 Å². The summed E-state index contributed by atoms with van der Waals surface area (Å²) in [5.74, 6) is 0.732. The highest BCUT2D eigenvalue weighted by molar-refractivity contribution is 7.45. The lowest BCUT2D eigenvalue weighted by molar-refractivity contribution is 0.0959. The normalized spacial score (nSPS) is 13.0. The van der Waals surface area contributed by atoms with E-state index < -0.39 is 13.9 Å². The first-order chi connectivity index (χ1) is 10.4. The quantitative estimate of drug-likeness (QED) is 0.417. The summed E-state index contributed by atoms with van der Waals surface area (Å²) in [4.78, 5) is 21.6. The summed E-state index contributed by atoms with van der Waals surface area (Å²) in [6, 6.07) is 0. The molecule has 0 aliphatic rings. The summed E-state index contributed by atoms with van der Waals surface area (Å²) in [7, 11) is -4.64. The summed E-state index contributed by atoms with van der Waals surface area (Å²) in [6.07, 6.45) is -0.597. The number of hydrogen-bond donors (Lipinski definition) is 5. The van der Waals surface area contributed by atoms with Gasteiger partial charge in [-0.3, -0.25) is 0 Å². The van der Waals surface area contributed by atoms with Gasteiger partial charge in [-0.25, -0.2) is 4.57 Å². The third-order valence-electron chi connectivity index (χ3n) is 1.99. The number of nitrogens with zero attached hydrogens (tertiary/aromatic N) is 2. The van der Waals surface area contributed by atoms with Crippen LogP contribution in [0.2, 0.25) is 0 Å². The number of aliphatic hydroxyl groups excluding tert-OH is 1. The van der Waals surface area contributed by atoms with Crippen molar-refractivity contribution in [2.45, 2.75) is 39.3 Å². The predicted molar refractivity (Wildman–Crippen MR) is 84.6 cm³/mol. The summed E-state index contributed by atoms with van der Waals surface area (Å²) >= 11 is 1.03. The van der Waals surface area contributed by atoms with Gasteiger partial charge < -0.3 is 34.6 Å². The zero-order chi connectivity index (χ0) is 18.1. The van der Waals surface area contributed by atoms with Gasteiger partial charge in [0.2, 0.25) is 0 Å². The fourth-order valence-corrected chi connectivity index (χ4v) is 1.59. The highest BCUT2D eigenvalue weighted by Gasteiger charge is 2.15. The second-order valence-corrected chi connectivity index (χ2v) is 6.97. The van der Waals surface area contributed by atoms with Crippen LogP contribution in [0.4, 0.5) is 0 Å². The van der Waals surface area contributed by atoms with Crippen LogP contribution in [0.1, 0.15) is 27.7 Å². The van der Waals surface area contributed by atoms with Gasteiger partial charge in [0, 0.05) is 12.1 Å². The van der Waals surface area contributed by atoms with Crippen LogP contribution in [0.3, 0.4) is 0 Å². The number of β-amino-alcohol motifs (C(OH)–C–C–N with tert-alkyl or cyclic N) is 1. The van der Waals surface area contributed by atoms with Crippen LogP contribution < -0.4 is 14.8 Å². The molecule has 0 aromatic carbocycles. The Morgan fingerprint density at radius 1 is 1.22 bits per heavy atom. The van der Waals surface area contributed by atoms with Crippen molar-refractivity contribution in [3.63, 3.8) is 0 Å². The average molecular weight is 373 g/mol. The maximum absolute atomic E-state index is 9.76. The van der Waals surface area contributed by atoms with Crippen LogP contribution >= 0.6 is 19.6 Å². The maximum Gasteiger partial charge on any atom is 0.466 e. The lowest BCUT2D eigenvalue weighted by atomic mass is 10.1. The lowest BCUT2D eigenvalue weighted by Crippen LogP contribution is -2.42. The van der Waals surface area contributed by atoms with Gasteiger partial charge in [-0.1, -0.05) is 0 Å². The third kappa shape index (κ3) is 14.5. The molecule has 136 valence electrons. The molecule has 1 heterocycles.